The van der Waals surface area contributed by atoms with Crippen LogP contribution in [0.25, 0.3) is 0 Å². The summed E-state index contributed by atoms with van der Waals surface area (Å²) in [5, 5.41) is 7.14. The number of anilines is 1. The molecule has 26 heavy (non-hydrogen) atoms. The molecule has 2 amide bonds. The van der Waals surface area contributed by atoms with Gasteiger partial charge < -0.3 is 19.5 Å². The smallest absolute Gasteiger partial charge is 0.321 e. The van der Waals surface area contributed by atoms with Gasteiger partial charge in [0.05, 0.1) is 5.92 Å². The van der Waals surface area contributed by atoms with Gasteiger partial charge >= 0.3 is 6.03 Å². The molecule has 138 valence electrons. The predicted molar refractivity (Wildman–Crippen MR) is 96.1 cm³/mol. The SMILES string of the molecule is O=C(Nc1ccccc1)N1CCCC(c2nc(C3CCOCC3)no2)C1. The number of carbonyl (C=O) groups is 1. The van der Waals surface area contributed by atoms with Crippen molar-refractivity contribution in [3.63, 3.8) is 0 Å². The number of urea groups is 1. The molecule has 0 saturated carbocycles. The fourth-order valence-corrected chi connectivity index (χ4v) is 3.62. The number of rotatable bonds is 3. The normalized spacial score (nSPS) is 21.5. The van der Waals surface area contributed by atoms with E-state index in [1.807, 2.05) is 35.2 Å². The van der Waals surface area contributed by atoms with E-state index >= 15 is 0 Å². The molecule has 1 aromatic carbocycles. The first kappa shape index (κ1) is 17.0. The monoisotopic (exact) mass is 356 g/mol. The molecule has 3 heterocycles. The van der Waals surface area contributed by atoms with Gasteiger partial charge in [0.2, 0.25) is 5.89 Å². The summed E-state index contributed by atoms with van der Waals surface area (Å²) in [5.74, 6) is 1.87. The van der Waals surface area contributed by atoms with Crippen molar-refractivity contribution in [3.8, 4) is 0 Å². The Morgan fingerprint density at radius 3 is 2.73 bits per heavy atom. The summed E-state index contributed by atoms with van der Waals surface area (Å²) in [7, 11) is 0. The largest absolute Gasteiger partial charge is 0.381 e. The van der Waals surface area contributed by atoms with E-state index in [0.717, 1.165) is 57.0 Å². The number of carbonyl (C=O) groups excluding carboxylic acids is 1. The maximum absolute atomic E-state index is 12.5. The second kappa shape index (κ2) is 7.86. The Morgan fingerprint density at radius 1 is 1.12 bits per heavy atom. The Bertz CT molecular complexity index is 727. The average molecular weight is 356 g/mol. The zero-order valence-corrected chi connectivity index (χ0v) is 14.8. The number of likely N-dealkylation sites (tertiary alicyclic amines) is 1. The van der Waals surface area contributed by atoms with Crippen LogP contribution in [0, 0.1) is 0 Å². The molecular formula is C19H24N4O3. The summed E-state index contributed by atoms with van der Waals surface area (Å²) in [5.41, 5.74) is 0.805. The van der Waals surface area contributed by atoms with Gasteiger partial charge in [-0.15, -0.1) is 0 Å². The third kappa shape index (κ3) is 3.88. The number of ether oxygens (including phenoxy) is 1. The molecular weight excluding hydrogens is 332 g/mol. The maximum Gasteiger partial charge on any atom is 0.321 e. The van der Waals surface area contributed by atoms with Gasteiger partial charge in [-0.2, -0.15) is 4.98 Å². The maximum atomic E-state index is 12.5. The second-order valence-corrected chi connectivity index (χ2v) is 6.96. The molecule has 1 unspecified atom stereocenters. The van der Waals surface area contributed by atoms with Crippen LogP contribution in [0.2, 0.25) is 0 Å². The van der Waals surface area contributed by atoms with E-state index < -0.39 is 0 Å². The minimum atomic E-state index is -0.0786. The van der Waals surface area contributed by atoms with E-state index in [1.165, 1.54) is 0 Å². The van der Waals surface area contributed by atoms with E-state index in [9.17, 15) is 4.79 Å². The van der Waals surface area contributed by atoms with Crippen LogP contribution in [0.4, 0.5) is 10.5 Å². The molecule has 2 aromatic rings. The molecule has 7 heteroatoms. The molecule has 0 aliphatic carbocycles. The summed E-state index contributed by atoms with van der Waals surface area (Å²) >= 11 is 0. The molecule has 1 atom stereocenters. The van der Waals surface area contributed by atoms with Crippen molar-refractivity contribution >= 4 is 11.7 Å². The third-order valence-electron chi connectivity index (χ3n) is 5.13. The van der Waals surface area contributed by atoms with Crippen LogP contribution in [0.1, 0.15) is 49.2 Å². The van der Waals surface area contributed by atoms with Crippen LogP contribution in [0.15, 0.2) is 34.9 Å². The number of nitrogens with zero attached hydrogens (tertiary/aromatic N) is 3. The summed E-state index contributed by atoms with van der Waals surface area (Å²) < 4.78 is 10.9. The summed E-state index contributed by atoms with van der Waals surface area (Å²) in [6.07, 6.45) is 3.77. The van der Waals surface area contributed by atoms with Crippen LogP contribution in [0.5, 0.6) is 0 Å². The van der Waals surface area contributed by atoms with Crippen LogP contribution in [-0.4, -0.2) is 47.4 Å². The number of benzene rings is 1. The molecule has 2 saturated heterocycles. The van der Waals surface area contributed by atoms with Crippen LogP contribution in [0.3, 0.4) is 0 Å². The van der Waals surface area contributed by atoms with Crippen LogP contribution in [-0.2, 0) is 4.74 Å². The molecule has 2 aliphatic heterocycles. The summed E-state index contributed by atoms with van der Waals surface area (Å²) in [6.45, 7) is 2.86. The lowest BCUT2D eigenvalue weighted by molar-refractivity contribution is 0.0830. The van der Waals surface area contributed by atoms with Crippen molar-refractivity contribution in [2.45, 2.75) is 37.5 Å². The number of amides is 2. The molecule has 2 fully saturated rings. The van der Waals surface area contributed by atoms with Gasteiger partial charge in [-0.05, 0) is 37.8 Å². The molecule has 4 rings (SSSR count). The first-order valence-corrected chi connectivity index (χ1v) is 9.32. The van der Waals surface area contributed by atoms with Crippen molar-refractivity contribution in [2.75, 3.05) is 31.6 Å². The van der Waals surface area contributed by atoms with Gasteiger partial charge in [0, 0.05) is 37.9 Å². The standard InChI is InChI=1S/C19H24N4O3/c24-19(20-16-6-2-1-3-7-16)23-10-4-5-15(13-23)18-21-17(22-26-18)14-8-11-25-12-9-14/h1-3,6-7,14-15H,4-5,8-13H2,(H,20,24). The van der Waals surface area contributed by atoms with E-state index in [2.05, 4.69) is 15.5 Å². The molecule has 2 aliphatic rings. The van der Waals surface area contributed by atoms with Crippen LogP contribution >= 0.6 is 0 Å². The summed E-state index contributed by atoms with van der Waals surface area (Å²) in [6, 6.07) is 9.44. The lowest BCUT2D eigenvalue weighted by Gasteiger charge is -2.31. The third-order valence-corrected chi connectivity index (χ3v) is 5.13. The van der Waals surface area contributed by atoms with Gasteiger partial charge in [0.1, 0.15) is 0 Å². The van der Waals surface area contributed by atoms with E-state index in [0.29, 0.717) is 18.4 Å². The number of hydrogen-bond donors (Lipinski definition) is 1. The van der Waals surface area contributed by atoms with E-state index in [1.54, 1.807) is 0 Å². The highest BCUT2D eigenvalue weighted by atomic mass is 16.5. The average Bonchev–Trinajstić information content (AvgIpc) is 3.20. The Balaban J connectivity index is 1.39. The minimum absolute atomic E-state index is 0.0786. The highest BCUT2D eigenvalue weighted by Gasteiger charge is 2.30. The van der Waals surface area contributed by atoms with Gasteiger partial charge in [-0.1, -0.05) is 23.4 Å². The van der Waals surface area contributed by atoms with E-state index in [-0.39, 0.29) is 11.9 Å². The molecule has 7 nitrogen and oxygen atoms in total. The fourth-order valence-electron chi connectivity index (χ4n) is 3.62. The molecule has 1 aromatic heterocycles. The lowest BCUT2D eigenvalue weighted by atomic mass is 9.97. The van der Waals surface area contributed by atoms with E-state index in [4.69, 9.17) is 9.26 Å². The highest BCUT2D eigenvalue weighted by molar-refractivity contribution is 5.89. The Morgan fingerprint density at radius 2 is 1.92 bits per heavy atom. The topological polar surface area (TPSA) is 80.5 Å². The molecule has 0 spiro atoms. The number of aromatic nitrogens is 2. The molecule has 0 radical (unpaired) electrons. The quantitative estimate of drug-likeness (QED) is 0.912. The van der Waals surface area contributed by atoms with Crippen LogP contribution < -0.4 is 5.32 Å². The van der Waals surface area contributed by atoms with Gasteiger partial charge in [-0.25, -0.2) is 4.79 Å². The van der Waals surface area contributed by atoms with Gasteiger partial charge in [-0.3, -0.25) is 0 Å². The first-order valence-electron chi connectivity index (χ1n) is 9.32. The fraction of sp³-hybridized carbons (Fsp3) is 0.526. The van der Waals surface area contributed by atoms with Crippen molar-refractivity contribution in [2.24, 2.45) is 0 Å². The Labute approximate surface area is 152 Å². The van der Waals surface area contributed by atoms with Crippen molar-refractivity contribution in [3.05, 3.63) is 42.0 Å². The number of para-hydroxylation sites is 1. The van der Waals surface area contributed by atoms with Crippen molar-refractivity contribution in [1.29, 1.82) is 0 Å². The van der Waals surface area contributed by atoms with Crippen molar-refractivity contribution in [1.82, 2.24) is 15.0 Å². The van der Waals surface area contributed by atoms with Crippen molar-refractivity contribution < 1.29 is 14.1 Å². The zero-order valence-electron chi connectivity index (χ0n) is 14.8. The second-order valence-electron chi connectivity index (χ2n) is 6.96. The van der Waals surface area contributed by atoms with Gasteiger partial charge in [0.25, 0.3) is 0 Å². The predicted octanol–water partition coefficient (Wildman–Crippen LogP) is 3.38. The Kier molecular flexibility index (Phi) is 5.15. The number of nitrogens with one attached hydrogen (secondary N) is 1. The number of hydrogen-bond acceptors (Lipinski definition) is 5. The number of piperidine rings is 1. The molecule has 1 N–H and O–H groups in total. The summed E-state index contributed by atoms with van der Waals surface area (Å²) in [4.78, 5) is 19.0. The first-order chi connectivity index (χ1) is 12.8. The highest BCUT2D eigenvalue weighted by Crippen LogP contribution is 2.29. The Hall–Kier alpha value is -2.41. The minimum Gasteiger partial charge on any atom is -0.381 e. The lowest BCUT2D eigenvalue weighted by Crippen LogP contribution is -2.41. The zero-order chi connectivity index (χ0) is 17.8. The van der Waals surface area contributed by atoms with Gasteiger partial charge in [0.15, 0.2) is 5.82 Å². The molecule has 0 bridgehead atoms.